The predicted molar refractivity (Wildman–Crippen MR) is 118 cm³/mol. The summed E-state index contributed by atoms with van der Waals surface area (Å²) in [5, 5.41) is 10.8. The summed E-state index contributed by atoms with van der Waals surface area (Å²) < 4.78 is 1.53. The second-order valence-electron chi connectivity index (χ2n) is 7.74. The number of primary amides is 1. The van der Waals surface area contributed by atoms with Crippen LogP contribution in [0.5, 0.6) is 0 Å². The highest BCUT2D eigenvalue weighted by Gasteiger charge is 2.24. The van der Waals surface area contributed by atoms with Crippen LogP contribution in [-0.4, -0.2) is 28.7 Å². The van der Waals surface area contributed by atoms with Gasteiger partial charge in [-0.3, -0.25) is 19.1 Å². The molecular formula is C23H25N3O4. The molecule has 0 bridgehead atoms. The van der Waals surface area contributed by atoms with Crippen LogP contribution in [0.2, 0.25) is 0 Å². The molecule has 2 aromatic carbocycles. The quantitative estimate of drug-likeness (QED) is 0.653. The molecule has 3 N–H and O–H groups in total. The number of hydrogen-bond acceptors (Lipinski definition) is 3. The van der Waals surface area contributed by atoms with Crippen molar-refractivity contribution in [1.82, 2.24) is 4.57 Å². The molecule has 0 spiro atoms. The van der Waals surface area contributed by atoms with Gasteiger partial charge in [-0.2, -0.15) is 0 Å². The van der Waals surface area contributed by atoms with E-state index in [9.17, 15) is 19.5 Å². The Balaban J connectivity index is 2.51. The standard InChI is InChI=1S/C23H25N3O4/c1-14(2)13-26-21(25(3)23(29)30)20(16-7-5-4-6-8-16)18-11-15(12-19(24)27)9-10-17(18)22(26)28/h4-11,14H,12-13H2,1-3H3,(H2,24,27)(H,29,30). The minimum atomic E-state index is -1.17. The van der Waals surface area contributed by atoms with Crippen LogP contribution in [0.3, 0.4) is 0 Å². The monoisotopic (exact) mass is 407 g/mol. The van der Waals surface area contributed by atoms with Gasteiger partial charge in [0.15, 0.2) is 0 Å². The second-order valence-corrected chi connectivity index (χ2v) is 7.74. The molecule has 1 heterocycles. The molecule has 0 saturated heterocycles. The molecule has 0 fully saturated rings. The molecule has 7 nitrogen and oxygen atoms in total. The average molecular weight is 407 g/mol. The predicted octanol–water partition coefficient (Wildman–Crippen LogP) is 3.47. The van der Waals surface area contributed by atoms with Crippen LogP contribution in [0.1, 0.15) is 19.4 Å². The first-order valence-corrected chi connectivity index (χ1v) is 9.70. The van der Waals surface area contributed by atoms with Crippen LogP contribution >= 0.6 is 0 Å². The van der Waals surface area contributed by atoms with Crippen molar-refractivity contribution in [1.29, 1.82) is 0 Å². The molecule has 0 unspecified atom stereocenters. The first-order chi connectivity index (χ1) is 14.2. The number of nitrogens with two attached hydrogens (primary N) is 1. The largest absolute Gasteiger partial charge is 0.465 e. The number of rotatable bonds is 6. The highest BCUT2D eigenvalue weighted by Crippen LogP contribution is 2.36. The molecule has 7 heteroatoms. The van der Waals surface area contributed by atoms with Crippen LogP contribution in [-0.2, 0) is 17.8 Å². The SMILES string of the molecule is CC(C)Cn1c(N(C)C(=O)O)c(-c2ccccc2)c2cc(CC(N)=O)ccc2c1=O. The van der Waals surface area contributed by atoms with Crippen molar-refractivity contribution in [2.45, 2.75) is 26.8 Å². The average Bonchev–Trinajstić information content (AvgIpc) is 2.69. The van der Waals surface area contributed by atoms with Gasteiger partial charge in [-0.25, -0.2) is 4.79 Å². The molecule has 0 radical (unpaired) electrons. The third-order valence-corrected chi connectivity index (χ3v) is 4.90. The van der Waals surface area contributed by atoms with Gasteiger partial charge >= 0.3 is 6.09 Å². The second kappa shape index (κ2) is 8.41. The van der Waals surface area contributed by atoms with Gasteiger partial charge in [-0.1, -0.05) is 50.2 Å². The van der Waals surface area contributed by atoms with Crippen molar-refractivity contribution < 1.29 is 14.7 Å². The van der Waals surface area contributed by atoms with Gasteiger partial charge in [0.1, 0.15) is 5.82 Å². The van der Waals surface area contributed by atoms with Gasteiger partial charge in [0.2, 0.25) is 5.91 Å². The normalized spacial score (nSPS) is 11.1. The van der Waals surface area contributed by atoms with Gasteiger partial charge < -0.3 is 10.8 Å². The fourth-order valence-electron chi connectivity index (χ4n) is 3.66. The summed E-state index contributed by atoms with van der Waals surface area (Å²) in [7, 11) is 1.43. The highest BCUT2D eigenvalue weighted by molar-refractivity contribution is 6.05. The molecule has 156 valence electrons. The van der Waals surface area contributed by atoms with Crippen molar-refractivity contribution >= 4 is 28.6 Å². The Bertz CT molecular complexity index is 1170. The smallest absolute Gasteiger partial charge is 0.412 e. The lowest BCUT2D eigenvalue weighted by atomic mass is 9.96. The molecule has 3 aromatic rings. The van der Waals surface area contributed by atoms with E-state index in [4.69, 9.17) is 5.73 Å². The number of hydrogen-bond donors (Lipinski definition) is 2. The maximum Gasteiger partial charge on any atom is 0.412 e. The van der Waals surface area contributed by atoms with Gasteiger partial charge in [-0.15, -0.1) is 0 Å². The van der Waals surface area contributed by atoms with Crippen molar-refractivity contribution in [3.05, 3.63) is 64.4 Å². The van der Waals surface area contributed by atoms with E-state index in [0.29, 0.717) is 34.3 Å². The van der Waals surface area contributed by atoms with E-state index in [1.807, 2.05) is 44.2 Å². The van der Waals surface area contributed by atoms with E-state index in [1.54, 1.807) is 18.2 Å². The van der Waals surface area contributed by atoms with Crippen molar-refractivity contribution in [2.75, 3.05) is 11.9 Å². The Labute approximate surface area is 174 Å². The molecule has 3 rings (SSSR count). The minimum absolute atomic E-state index is 0.0311. The molecule has 30 heavy (non-hydrogen) atoms. The molecular weight excluding hydrogens is 382 g/mol. The first kappa shape index (κ1) is 21.1. The zero-order chi connectivity index (χ0) is 22.0. The van der Waals surface area contributed by atoms with E-state index in [1.165, 1.54) is 11.6 Å². The lowest BCUT2D eigenvalue weighted by Gasteiger charge is -2.26. The van der Waals surface area contributed by atoms with Gasteiger partial charge in [-0.05, 0) is 34.6 Å². The van der Waals surface area contributed by atoms with Crippen LogP contribution in [0.15, 0.2) is 53.3 Å². The van der Waals surface area contributed by atoms with Crippen LogP contribution in [0, 0.1) is 5.92 Å². The Morgan fingerprint density at radius 3 is 2.33 bits per heavy atom. The van der Waals surface area contributed by atoms with Gasteiger partial charge in [0.05, 0.1) is 6.42 Å². The molecule has 0 aliphatic rings. The highest BCUT2D eigenvalue weighted by atomic mass is 16.4. The summed E-state index contributed by atoms with van der Waals surface area (Å²) in [5.41, 5.74) is 7.15. The number of benzene rings is 2. The zero-order valence-corrected chi connectivity index (χ0v) is 17.3. The van der Waals surface area contributed by atoms with E-state index in [0.717, 1.165) is 10.5 Å². The zero-order valence-electron chi connectivity index (χ0n) is 17.3. The number of anilines is 1. The molecule has 0 aliphatic heterocycles. The number of carbonyl (C=O) groups is 2. The van der Waals surface area contributed by atoms with Crippen molar-refractivity contribution in [3.8, 4) is 11.1 Å². The molecule has 0 saturated carbocycles. The Morgan fingerprint density at radius 1 is 1.10 bits per heavy atom. The number of fused-ring (bicyclic) bond motifs is 1. The topological polar surface area (TPSA) is 106 Å². The fourth-order valence-corrected chi connectivity index (χ4v) is 3.66. The maximum absolute atomic E-state index is 13.4. The number of pyridine rings is 1. The summed E-state index contributed by atoms with van der Waals surface area (Å²) in [6, 6.07) is 14.5. The molecule has 2 amide bonds. The molecule has 0 aliphatic carbocycles. The van der Waals surface area contributed by atoms with Crippen molar-refractivity contribution in [3.63, 3.8) is 0 Å². The van der Waals surface area contributed by atoms with E-state index in [2.05, 4.69) is 0 Å². The Kier molecular flexibility index (Phi) is 5.91. The Hall–Kier alpha value is -3.61. The van der Waals surface area contributed by atoms with E-state index in [-0.39, 0.29) is 17.9 Å². The van der Waals surface area contributed by atoms with Crippen LogP contribution in [0.25, 0.3) is 21.9 Å². The minimum Gasteiger partial charge on any atom is -0.465 e. The first-order valence-electron chi connectivity index (χ1n) is 9.70. The van der Waals surface area contributed by atoms with Crippen LogP contribution in [0.4, 0.5) is 10.6 Å². The van der Waals surface area contributed by atoms with Gasteiger partial charge in [0.25, 0.3) is 5.56 Å². The third-order valence-electron chi connectivity index (χ3n) is 4.90. The number of aromatic nitrogens is 1. The number of amides is 2. The third kappa shape index (κ3) is 4.05. The van der Waals surface area contributed by atoms with Crippen LogP contribution < -0.4 is 16.2 Å². The van der Waals surface area contributed by atoms with Gasteiger partial charge in [0, 0.05) is 24.5 Å². The number of carbonyl (C=O) groups excluding carboxylic acids is 1. The Morgan fingerprint density at radius 2 is 1.77 bits per heavy atom. The summed E-state index contributed by atoms with van der Waals surface area (Å²) in [4.78, 5) is 37.8. The lowest BCUT2D eigenvalue weighted by molar-refractivity contribution is -0.117. The lowest BCUT2D eigenvalue weighted by Crippen LogP contribution is -2.34. The van der Waals surface area contributed by atoms with Crippen molar-refractivity contribution in [2.24, 2.45) is 11.7 Å². The summed E-state index contributed by atoms with van der Waals surface area (Å²) in [6.07, 6.45) is -1.14. The molecule has 1 aromatic heterocycles. The summed E-state index contributed by atoms with van der Waals surface area (Å²) in [6.45, 7) is 4.31. The maximum atomic E-state index is 13.4. The van der Waals surface area contributed by atoms with E-state index >= 15 is 0 Å². The van der Waals surface area contributed by atoms with E-state index < -0.39 is 12.0 Å². The number of nitrogens with zero attached hydrogens (tertiary/aromatic N) is 2. The molecule has 0 atom stereocenters. The summed E-state index contributed by atoms with van der Waals surface area (Å²) in [5.74, 6) is -0.0541. The fraction of sp³-hybridized carbons (Fsp3) is 0.261. The number of carboxylic acid groups (broad SMARTS) is 1. The summed E-state index contributed by atoms with van der Waals surface area (Å²) >= 11 is 0.